The number of hydrogen-bond acceptors (Lipinski definition) is 4. The first kappa shape index (κ1) is 15.4. The van der Waals surface area contributed by atoms with Gasteiger partial charge in [-0.25, -0.2) is 0 Å². The molecule has 0 aliphatic carbocycles. The van der Waals surface area contributed by atoms with E-state index in [4.69, 9.17) is 33.0 Å². The van der Waals surface area contributed by atoms with Crippen molar-refractivity contribution in [1.82, 2.24) is 10.2 Å². The Bertz CT molecular complexity index is 464. The normalized spacial score (nSPS) is 19.8. The average molecular weight is 319 g/mol. The minimum absolute atomic E-state index is 0.341. The Balaban J connectivity index is 1.90. The fraction of sp³-hybridized carbons (Fsp3) is 0.462. The number of carboxylic acids is 1. The Hall–Kier alpha value is -1.01. The molecular formula is C13H16Cl2N2O3. The zero-order valence-electron chi connectivity index (χ0n) is 10.8. The highest BCUT2D eigenvalue weighted by molar-refractivity contribution is 6.37. The molecule has 0 saturated carbocycles. The van der Waals surface area contributed by atoms with E-state index in [1.165, 1.54) is 0 Å². The van der Waals surface area contributed by atoms with E-state index in [0.29, 0.717) is 42.0 Å². The van der Waals surface area contributed by atoms with Gasteiger partial charge in [-0.05, 0) is 12.1 Å². The van der Waals surface area contributed by atoms with E-state index in [1.54, 1.807) is 18.2 Å². The molecule has 1 heterocycles. The fourth-order valence-electron chi connectivity index (χ4n) is 2.14. The van der Waals surface area contributed by atoms with Crippen LogP contribution >= 0.6 is 23.2 Å². The van der Waals surface area contributed by atoms with Crippen molar-refractivity contribution in [2.24, 2.45) is 0 Å². The van der Waals surface area contributed by atoms with E-state index in [-0.39, 0.29) is 0 Å². The van der Waals surface area contributed by atoms with E-state index in [9.17, 15) is 4.79 Å². The molecule has 0 aromatic heterocycles. The van der Waals surface area contributed by atoms with E-state index in [0.717, 1.165) is 6.54 Å². The van der Waals surface area contributed by atoms with Crippen molar-refractivity contribution in [3.05, 3.63) is 28.2 Å². The maximum Gasteiger partial charge on any atom is 0.322 e. The number of benzene rings is 1. The predicted octanol–water partition coefficient (Wildman–Crippen LogP) is 1.73. The summed E-state index contributed by atoms with van der Waals surface area (Å²) in [6.45, 7) is 2.75. The predicted molar refractivity (Wildman–Crippen MR) is 77.8 cm³/mol. The van der Waals surface area contributed by atoms with E-state index < -0.39 is 12.0 Å². The number of hydrogen-bond donors (Lipinski definition) is 2. The quantitative estimate of drug-likeness (QED) is 0.865. The van der Waals surface area contributed by atoms with Crippen LogP contribution in [0.15, 0.2) is 18.2 Å². The Kier molecular flexibility index (Phi) is 5.48. The first-order valence-electron chi connectivity index (χ1n) is 6.34. The second-order valence-electron chi connectivity index (χ2n) is 4.49. The second kappa shape index (κ2) is 7.13. The van der Waals surface area contributed by atoms with Crippen LogP contribution in [0.2, 0.25) is 10.0 Å². The fourth-order valence-corrected chi connectivity index (χ4v) is 2.65. The zero-order chi connectivity index (χ0) is 14.5. The van der Waals surface area contributed by atoms with Crippen molar-refractivity contribution in [2.45, 2.75) is 6.04 Å². The number of halogens is 2. The lowest BCUT2D eigenvalue weighted by Gasteiger charge is -2.33. The van der Waals surface area contributed by atoms with E-state index in [2.05, 4.69) is 5.32 Å². The molecule has 2 N–H and O–H groups in total. The van der Waals surface area contributed by atoms with Gasteiger partial charge in [-0.15, -0.1) is 0 Å². The van der Waals surface area contributed by atoms with Crippen molar-refractivity contribution in [1.29, 1.82) is 0 Å². The summed E-state index contributed by atoms with van der Waals surface area (Å²) in [4.78, 5) is 13.0. The van der Waals surface area contributed by atoms with Gasteiger partial charge in [-0.1, -0.05) is 29.3 Å². The van der Waals surface area contributed by atoms with Crippen LogP contribution in [0.25, 0.3) is 0 Å². The molecule has 1 fully saturated rings. The number of nitrogens with one attached hydrogen (secondary N) is 1. The standard InChI is InChI=1S/C13H16Cl2N2O3/c14-9-2-1-3-10(15)12(9)20-7-6-17-5-4-16-8-11(17)13(18)19/h1-3,11,16H,4-8H2,(H,18,19). The van der Waals surface area contributed by atoms with Crippen molar-refractivity contribution >= 4 is 29.2 Å². The maximum atomic E-state index is 11.1. The number of piperazine rings is 1. The number of ether oxygens (including phenoxy) is 1. The Morgan fingerprint density at radius 2 is 2.15 bits per heavy atom. The first-order chi connectivity index (χ1) is 9.59. The highest BCUT2D eigenvalue weighted by Gasteiger charge is 2.27. The molecule has 110 valence electrons. The summed E-state index contributed by atoms with van der Waals surface area (Å²) in [5.41, 5.74) is 0. The maximum absolute atomic E-state index is 11.1. The van der Waals surface area contributed by atoms with Crippen molar-refractivity contribution in [3.8, 4) is 5.75 Å². The highest BCUT2D eigenvalue weighted by Crippen LogP contribution is 2.32. The molecule has 1 saturated heterocycles. The third kappa shape index (κ3) is 3.76. The number of aliphatic carboxylic acids is 1. The molecule has 1 aliphatic rings. The molecule has 1 aliphatic heterocycles. The summed E-state index contributed by atoms with van der Waals surface area (Å²) >= 11 is 12.0. The van der Waals surface area contributed by atoms with Crippen molar-refractivity contribution in [3.63, 3.8) is 0 Å². The summed E-state index contributed by atoms with van der Waals surface area (Å²) < 4.78 is 5.58. The highest BCUT2D eigenvalue weighted by atomic mass is 35.5. The van der Waals surface area contributed by atoms with Crippen LogP contribution in [0.3, 0.4) is 0 Å². The van der Waals surface area contributed by atoms with Gasteiger partial charge in [0.15, 0.2) is 5.75 Å². The zero-order valence-corrected chi connectivity index (χ0v) is 12.3. The van der Waals surface area contributed by atoms with Crippen LogP contribution in [0.1, 0.15) is 0 Å². The van der Waals surface area contributed by atoms with Gasteiger partial charge in [0.25, 0.3) is 0 Å². The van der Waals surface area contributed by atoms with Crippen molar-refractivity contribution in [2.75, 3.05) is 32.8 Å². The van der Waals surface area contributed by atoms with E-state index >= 15 is 0 Å². The molecule has 0 amide bonds. The van der Waals surface area contributed by atoms with Crippen LogP contribution < -0.4 is 10.1 Å². The van der Waals surface area contributed by atoms with Gasteiger partial charge in [0.1, 0.15) is 12.6 Å². The van der Waals surface area contributed by atoms with Crippen LogP contribution in [0.4, 0.5) is 0 Å². The SMILES string of the molecule is O=C(O)C1CNCCN1CCOc1c(Cl)cccc1Cl. The number of nitrogens with zero attached hydrogens (tertiary/aromatic N) is 1. The summed E-state index contributed by atoms with van der Waals surface area (Å²) in [5, 5.41) is 13.1. The molecule has 5 nitrogen and oxygen atoms in total. The monoisotopic (exact) mass is 318 g/mol. The van der Waals surface area contributed by atoms with E-state index in [1.807, 2.05) is 4.90 Å². The van der Waals surface area contributed by atoms with Crippen LogP contribution in [0.5, 0.6) is 5.75 Å². The smallest absolute Gasteiger partial charge is 0.322 e. The molecule has 0 spiro atoms. The number of para-hydroxylation sites is 1. The average Bonchev–Trinajstić information content (AvgIpc) is 2.42. The summed E-state index contributed by atoms with van der Waals surface area (Å²) in [5.74, 6) is -0.384. The molecule has 1 atom stereocenters. The lowest BCUT2D eigenvalue weighted by atomic mass is 10.2. The molecule has 7 heteroatoms. The molecule has 1 aromatic rings. The second-order valence-corrected chi connectivity index (χ2v) is 5.31. The minimum Gasteiger partial charge on any atom is -0.489 e. The largest absolute Gasteiger partial charge is 0.489 e. The lowest BCUT2D eigenvalue weighted by Crippen LogP contribution is -2.55. The first-order valence-corrected chi connectivity index (χ1v) is 7.09. The van der Waals surface area contributed by atoms with Crippen LogP contribution in [0, 0.1) is 0 Å². The number of carboxylic acid groups (broad SMARTS) is 1. The molecule has 20 heavy (non-hydrogen) atoms. The molecule has 0 bridgehead atoms. The molecule has 0 radical (unpaired) electrons. The third-order valence-electron chi connectivity index (χ3n) is 3.18. The molecule has 2 rings (SSSR count). The lowest BCUT2D eigenvalue weighted by molar-refractivity contribution is -0.144. The summed E-state index contributed by atoms with van der Waals surface area (Å²) in [6, 6.07) is 4.63. The minimum atomic E-state index is -0.826. The van der Waals surface area contributed by atoms with Crippen LogP contribution in [-0.4, -0.2) is 54.8 Å². The number of rotatable bonds is 5. The Labute approximate surface area is 127 Å². The molecule has 1 unspecified atom stereocenters. The molecule has 1 aromatic carbocycles. The van der Waals surface area contributed by atoms with Crippen molar-refractivity contribution < 1.29 is 14.6 Å². The van der Waals surface area contributed by atoms with Gasteiger partial charge in [-0.3, -0.25) is 9.69 Å². The van der Waals surface area contributed by atoms with Crippen LogP contribution in [-0.2, 0) is 4.79 Å². The third-order valence-corrected chi connectivity index (χ3v) is 3.78. The van der Waals surface area contributed by atoms with Gasteiger partial charge >= 0.3 is 5.97 Å². The van der Waals surface area contributed by atoms with Gasteiger partial charge in [0.2, 0.25) is 0 Å². The molecular weight excluding hydrogens is 303 g/mol. The summed E-state index contributed by atoms with van der Waals surface area (Å²) in [6.07, 6.45) is 0. The van der Waals surface area contributed by atoms with Gasteiger partial charge in [0.05, 0.1) is 10.0 Å². The Morgan fingerprint density at radius 1 is 1.45 bits per heavy atom. The van der Waals surface area contributed by atoms with Gasteiger partial charge < -0.3 is 15.2 Å². The number of carbonyl (C=O) groups is 1. The topological polar surface area (TPSA) is 61.8 Å². The Morgan fingerprint density at radius 3 is 2.80 bits per heavy atom. The summed E-state index contributed by atoms with van der Waals surface area (Å²) in [7, 11) is 0. The van der Waals surface area contributed by atoms with Gasteiger partial charge in [0, 0.05) is 26.2 Å². The van der Waals surface area contributed by atoms with Gasteiger partial charge in [-0.2, -0.15) is 0 Å².